The summed E-state index contributed by atoms with van der Waals surface area (Å²) in [6, 6.07) is 0. The van der Waals surface area contributed by atoms with E-state index in [1.54, 1.807) is 6.92 Å². The van der Waals surface area contributed by atoms with Crippen LogP contribution in [0.15, 0.2) is 0 Å². The van der Waals surface area contributed by atoms with Crippen molar-refractivity contribution in [3.05, 3.63) is 0 Å². The Morgan fingerprint density at radius 1 is 0.800 bits per heavy atom. The van der Waals surface area contributed by atoms with E-state index in [1.165, 1.54) is 13.8 Å². The molecule has 0 bridgehead atoms. The molecule has 0 radical (unpaired) electrons. The van der Waals surface area contributed by atoms with Crippen molar-refractivity contribution in [3.8, 4) is 0 Å². The van der Waals surface area contributed by atoms with Crippen molar-refractivity contribution >= 4 is 23.9 Å². The molecule has 0 fully saturated rings. The van der Waals surface area contributed by atoms with E-state index in [9.17, 15) is 34.5 Å². The minimum absolute atomic E-state index is 0.0159. The summed E-state index contributed by atoms with van der Waals surface area (Å²) < 4.78 is 0. The highest BCUT2D eigenvalue weighted by atomic mass is 16.4. The van der Waals surface area contributed by atoms with E-state index >= 15 is 0 Å². The van der Waals surface area contributed by atoms with Gasteiger partial charge in [0.05, 0.1) is 23.2 Å². The molecule has 8 nitrogen and oxygen atoms in total. The fourth-order valence-corrected chi connectivity index (χ4v) is 3.70. The number of carboxylic acid groups (broad SMARTS) is 4. The van der Waals surface area contributed by atoms with Gasteiger partial charge in [0.1, 0.15) is 0 Å². The van der Waals surface area contributed by atoms with E-state index in [-0.39, 0.29) is 25.7 Å². The van der Waals surface area contributed by atoms with Gasteiger partial charge in [-0.2, -0.15) is 0 Å². The third kappa shape index (κ3) is 4.70. The lowest BCUT2D eigenvalue weighted by Gasteiger charge is -2.44. The summed E-state index contributed by atoms with van der Waals surface area (Å²) in [6.07, 6.45) is -0.393. The van der Waals surface area contributed by atoms with E-state index in [2.05, 4.69) is 0 Å². The predicted octanol–water partition coefficient (Wildman–Crippen LogP) is 2.70. The Balaban J connectivity index is 6.06. The average molecular weight is 360 g/mol. The maximum Gasteiger partial charge on any atom is 0.311 e. The zero-order valence-corrected chi connectivity index (χ0v) is 14.9. The second-order valence-corrected chi connectivity index (χ2v) is 6.41. The Labute approximate surface area is 146 Å². The monoisotopic (exact) mass is 360 g/mol. The average Bonchev–Trinajstić information content (AvgIpc) is 2.51. The third-order valence-electron chi connectivity index (χ3n) is 5.30. The van der Waals surface area contributed by atoms with Crippen molar-refractivity contribution in [2.75, 3.05) is 0 Å². The summed E-state index contributed by atoms with van der Waals surface area (Å²) in [5, 5.41) is 38.0. The molecule has 144 valence electrons. The molecular formula is C17H28O8. The van der Waals surface area contributed by atoms with Crippen LogP contribution in [0.5, 0.6) is 0 Å². The SMILES string of the molecule is CCCC(CCC(CC)(C(=O)O)C(CC)(CC(=O)O)C(=O)O)C(=O)O. The van der Waals surface area contributed by atoms with Gasteiger partial charge in [-0.1, -0.05) is 27.2 Å². The first-order chi connectivity index (χ1) is 11.5. The molecule has 3 atom stereocenters. The zero-order chi connectivity index (χ0) is 19.8. The van der Waals surface area contributed by atoms with Gasteiger partial charge in [0.15, 0.2) is 0 Å². The third-order valence-corrected chi connectivity index (χ3v) is 5.30. The molecule has 0 aliphatic heterocycles. The van der Waals surface area contributed by atoms with Crippen LogP contribution < -0.4 is 0 Å². The van der Waals surface area contributed by atoms with Crippen molar-refractivity contribution < 1.29 is 39.6 Å². The van der Waals surface area contributed by atoms with Crippen LogP contribution in [0.4, 0.5) is 0 Å². The zero-order valence-electron chi connectivity index (χ0n) is 14.9. The fraction of sp³-hybridized carbons (Fsp3) is 0.765. The van der Waals surface area contributed by atoms with E-state index in [0.717, 1.165) is 0 Å². The summed E-state index contributed by atoms with van der Waals surface area (Å²) in [5.74, 6) is -6.13. The Morgan fingerprint density at radius 3 is 1.56 bits per heavy atom. The van der Waals surface area contributed by atoms with E-state index in [1.807, 2.05) is 0 Å². The van der Waals surface area contributed by atoms with Crippen LogP contribution in [-0.2, 0) is 19.2 Å². The summed E-state index contributed by atoms with van der Waals surface area (Å²) >= 11 is 0. The number of hydrogen-bond acceptors (Lipinski definition) is 4. The smallest absolute Gasteiger partial charge is 0.311 e. The minimum atomic E-state index is -2.01. The first-order valence-electron chi connectivity index (χ1n) is 8.46. The lowest BCUT2D eigenvalue weighted by atomic mass is 9.56. The van der Waals surface area contributed by atoms with E-state index in [0.29, 0.717) is 12.8 Å². The van der Waals surface area contributed by atoms with Gasteiger partial charge < -0.3 is 20.4 Å². The molecule has 0 aliphatic carbocycles. The number of rotatable bonds is 13. The molecule has 0 saturated heterocycles. The molecule has 8 heteroatoms. The molecule has 0 spiro atoms. The van der Waals surface area contributed by atoms with Gasteiger partial charge in [-0.05, 0) is 32.1 Å². The van der Waals surface area contributed by atoms with Crippen LogP contribution in [0, 0.1) is 16.7 Å². The largest absolute Gasteiger partial charge is 0.481 e. The quantitative estimate of drug-likeness (QED) is 0.391. The van der Waals surface area contributed by atoms with E-state index < -0.39 is 47.0 Å². The fourth-order valence-electron chi connectivity index (χ4n) is 3.70. The van der Waals surface area contributed by atoms with Gasteiger partial charge in [0.25, 0.3) is 0 Å². The van der Waals surface area contributed by atoms with Gasteiger partial charge in [0.2, 0.25) is 0 Å². The topological polar surface area (TPSA) is 149 Å². The van der Waals surface area contributed by atoms with Gasteiger partial charge in [-0.25, -0.2) is 0 Å². The Bertz CT molecular complexity index is 515. The summed E-state index contributed by atoms with van der Waals surface area (Å²) in [6.45, 7) is 4.75. The van der Waals surface area contributed by atoms with Crippen molar-refractivity contribution in [2.45, 2.75) is 65.7 Å². The molecule has 3 unspecified atom stereocenters. The number of carbonyl (C=O) groups is 4. The van der Waals surface area contributed by atoms with Gasteiger partial charge >= 0.3 is 23.9 Å². The second-order valence-electron chi connectivity index (χ2n) is 6.41. The van der Waals surface area contributed by atoms with Crippen LogP contribution in [0.2, 0.25) is 0 Å². The van der Waals surface area contributed by atoms with E-state index in [4.69, 9.17) is 5.11 Å². The summed E-state index contributed by atoms with van der Waals surface area (Å²) in [5.41, 5.74) is -3.86. The maximum absolute atomic E-state index is 12.1. The van der Waals surface area contributed by atoms with Crippen molar-refractivity contribution in [2.24, 2.45) is 16.7 Å². The standard InChI is InChI=1S/C17H28O8/c1-4-7-11(13(20)21)8-9-16(5-2,14(22)23)17(6-3,15(24)25)10-12(18)19/h11H,4-10H2,1-3H3,(H,18,19)(H,20,21)(H,22,23)(H,24,25). The molecule has 0 aromatic carbocycles. The molecule has 0 aromatic rings. The molecule has 0 heterocycles. The van der Waals surface area contributed by atoms with Crippen molar-refractivity contribution in [3.63, 3.8) is 0 Å². The molecule has 0 aliphatic rings. The number of aliphatic carboxylic acids is 4. The first-order valence-corrected chi connectivity index (χ1v) is 8.46. The molecule has 0 amide bonds. The Morgan fingerprint density at radius 2 is 1.28 bits per heavy atom. The lowest BCUT2D eigenvalue weighted by molar-refractivity contribution is -0.181. The number of carboxylic acids is 4. The molecule has 0 saturated carbocycles. The molecule has 0 rings (SSSR count). The van der Waals surface area contributed by atoms with Crippen LogP contribution in [0.1, 0.15) is 65.7 Å². The van der Waals surface area contributed by atoms with Gasteiger partial charge in [-0.3, -0.25) is 19.2 Å². The highest BCUT2D eigenvalue weighted by Gasteiger charge is 2.60. The van der Waals surface area contributed by atoms with Crippen LogP contribution in [0.25, 0.3) is 0 Å². The lowest BCUT2D eigenvalue weighted by Crippen LogP contribution is -2.53. The van der Waals surface area contributed by atoms with Crippen LogP contribution in [-0.4, -0.2) is 44.3 Å². The second kappa shape index (κ2) is 9.39. The summed E-state index contributed by atoms with van der Waals surface area (Å²) in [7, 11) is 0. The molecule has 25 heavy (non-hydrogen) atoms. The van der Waals surface area contributed by atoms with Crippen molar-refractivity contribution in [1.82, 2.24) is 0 Å². The highest BCUT2D eigenvalue weighted by Crippen LogP contribution is 2.52. The first kappa shape index (κ1) is 22.9. The Kier molecular flexibility index (Phi) is 8.59. The molecular weight excluding hydrogens is 332 g/mol. The van der Waals surface area contributed by atoms with Gasteiger partial charge in [0, 0.05) is 0 Å². The van der Waals surface area contributed by atoms with Crippen molar-refractivity contribution in [1.29, 1.82) is 0 Å². The molecule has 4 N–H and O–H groups in total. The minimum Gasteiger partial charge on any atom is -0.481 e. The maximum atomic E-state index is 12.1. The van der Waals surface area contributed by atoms with Crippen LogP contribution in [0.3, 0.4) is 0 Å². The highest BCUT2D eigenvalue weighted by molar-refractivity contribution is 5.90. The van der Waals surface area contributed by atoms with Gasteiger partial charge in [-0.15, -0.1) is 0 Å². The molecule has 0 aromatic heterocycles. The Hall–Kier alpha value is -2.12. The normalized spacial score (nSPS) is 17.1. The summed E-state index contributed by atoms with van der Waals surface area (Å²) in [4.78, 5) is 46.6. The van der Waals surface area contributed by atoms with Crippen LogP contribution >= 0.6 is 0 Å². The predicted molar refractivity (Wildman–Crippen MR) is 88.2 cm³/mol. The number of hydrogen-bond donors (Lipinski definition) is 4.